The number of nitrogens with zero attached hydrogens (tertiary/aromatic N) is 1. The van der Waals surface area contributed by atoms with Gasteiger partial charge in [-0.15, -0.1) is 0 Å². The number of rotatable bonds is 5. The molecule has 0 aliphatic carbocycles. The first kappa shape index (κ1) is 16.7. The van der Waals surface area contributed by atoms with E-state index in [9.17, 15) is 8.42 Å². The van der Waals surface area contributed by atoms with E-state index in [0.29, 0.717) is 0 Å². The van der Waals surface area contributed by atoms with Gasteiger partial charge in [0.05, 0.1) is 0 Å². The molecule has 0 unspecified atom stereocenters. The van der Waals surface area contributed by atoms with Crippen LogP contribution in [0.2, 0.25) is 0 Å². The highest BCUT2D eigenvalue weighted by molar-refractivity contribution is 7.87. The highest BCUT2D eigenvalue weighted by Crippen LogP contribution is 2.06. The lowest BCUT2D eigenvalue weighted by atomic mass is 10.1. The molecule has 1 rings (SSSR count). The van der Waals surface area contributed by atoms with E-state index in [1.807, 2.05) is 13.8 Å². The molecule has 6 heteroatoms. The van der Waals surface area contributed by atoms with Crippen LogP contribution in [0.15, 0.2) is 24.3 Å². The minimum absolute atomic E-state index is 0.0939. The van der Waals surface area contributed by atoms with Gasteiger partial charge < -0.3 is 5.11 Å². The van der Waals surface area contributed by atoms with Gasteiger partial charge in [-0.05, 0) is 31.5 Å². The van der Waals surface area contributed by atoms with E-state index in [0.717, 1.165) is 11.1 Å². The van der Waals surface area contributed by atoms with Crippen molar-refractivity contribution in [1.82, 2.24) is 9.03 Å². The van der Waals surface area contributed by atoms with Crippen LogP contribution in [-0.4, -0.2) is 37.5 Å². The van der Waals surface area contributed by atoms with Crippen molar-refractivity contribution in [1.29, 1.82) is 0 Å². The molecule has 2 N–H and O–H groups in total. The Balaban J connectivity index is 2.67. The molecule has 110 valence electrons. The molecular formula is C14H20N2O3S. The molecule has 0 saturated carbocycles. The fraction of sp³-hybridized carbons (Fsp3) is 0.429. The molecule has 0 atom stereocenters. The third kappa shape index (κ3) is 4.94. The quantitative estimate of drug-likeness (QED) is 0.786. The topological polar surface area (TPSA) is 69.6 Å². The molecule has 0 aliphatic rings. The molecule has 1 aromatic rings. The van der Waals surface area contributed by atoms with E-state index in [-0.39, 0.29) is 19.2 Å². The highest BCUT2D eigenvalue weighted by Gasteiger charge is 2.19. The van der Waals surface area contributed by atoms with E-state index in [4.69, 9.17) is 5.11 Å². The van der Waals surface area contributed by atoms with E-state index >= 15 is 0 Å². The second-order valence-corrected chi connectivity index (χ2v) is 6.41. The molecule has 20 heavy (non-hydrogen) atoms. The summed E-state index contributed by atoms with van der Waals surface area (Å²) in [6.45, 7) is 3.68. The van der Waals surface area contributed by atoms with Crippen LogP contribution < -0.4 is 4.72 Å². The van der Waals surface area contributed by atoms with Crippen LogP contribution in [0.4, 0.5) is 0 Å². The predicted octanol–water partition coefficient (Wildman–Crippen LogP) is 0.705. The van der Waals surface area contributed by atoms with Crippen molar-refractivity contribution in [2.24, 2.45) is 0 Å². The van der Waals surface area contributed by atoms with Gasteiger partial charge in [-0.25, -0.2) is 0 Å². The summed E-state index contributed by atoms with van der Waals surface area (Å²) in [6.07, 6.45) is 0. The van der Waals surface area contributed by atoms with Crippen molar-refractivity contribution in [3.8, 4) is 11.8 Å². The average Bonchev–Trinajstić information content (AvgIpc) is 2.43. The van der Waals surface area contributed by atoms with Gasteiger partial charge in [-0.2, -0.15) is 17.4 Å². The summed E-state index contributed by atoms with van der Waals surface area (Å²) in [5, 5.41) is 8.60. The lowest BCUT2D eigenvalue weighted by Crippen LogP contribution is -2.41. The zero-order valence-corrected chi connectivity index (χ0v) is 12.7. The van der Waals surface area contributed by atoms with Crippen molar-refractivity contribution in [2.45, 2.75) is 26.4 Å². The molecule has 0 fully saturated rings. The summed E-state index contributed by atoms with van der Waals surface area (Å²) < 4.78 is 27.7. The smallest absolute Gasteiger partial charge is 0.279 e. The Hall–Kier alpha value is -1.39. The van der Waals surface area contributed by atoms with Crippen molar-refractivity contribution < 1.29 is 13.5 Å². The molecule has 1 aromatic carbocycles. The van der Waals surface area contributed by atoms with Gasteiger partial charge in [0.2, 0.25) is 0 Å². The van der Waals surface area contributed by atoms with Gasteiger partial charge in [-0.1, -0.05) is 24.0 Å². The van der Waals surface area contributed by atoms with E-state index in [2.05, 4.69) is 16.6 Å². The molecule has 0 saturated heterocycles. The fourth-order valence-electron chi connectivity index (χ4n) is 1.40. The average molecular weight is 296 g/mol. The number of aliphatic hydroxyl groups excluding tert-OH is 1. The Morgan fingerprint density at radius 1 is 1.30 bits per heavy atom. The molecule has 0 heterocycles. The third-order valence-electron chi connectivity index (χ3n) is 2.83. The van der Waals surface area contributed by atoms with E-state index < -0.39 is 10.2 Å². The summed E-state index contributed by atoms with van der Waals surface area (Å²) in [5.41, 5.74) is 1.63. The van der Waals surface area contributed by atoms with Crippen LogP contribution in [0.1, 0.15) is 25.0 Å². The number of hydrogen-bond acceptors (Lipinski definition) is 3. The molecule has 0 radical (unpaired) electrons. The van der Waals surface area contributed by atoms with Crippen molar-refractivity contribution in [3.63, 3.8) is 0 Å². The normalized spacial score (nSPS) is 11.5. The van der Waals surface area contributed by atoms with Crippen LogP contribution in [0.25, 0.3) is 0 Å². The molecule has 0 spiro atoms. The predicted molar refractivity (Wildman–Crippen MR) is 79.1 cm³/mol. The zero-order chi connectivity index (χ0) is 15.2. The first-order valence-corrected chi connectivity index (χ1v) is 7.72. The number of aliphatic hydroxyl groups is 1. The maximum Gasteiger partial charge on any atom is 0.279 e. The molecule has 5 nitrogen and oxygen atoms in total. The largest absolute Gasteiger partial charge is 0.384 e. The first-order valence-electron chi connectivity index (χ1n) is 6.28. The van der Waals surface area contributed by atoms with Crippen molar-refractivity contribution in [3.05, 3.63) is 35.4 Å². The Kier molecular flexibility index (Phi) is 6.17. The Labute approximate surface area is 120 Å². The van der Waals surface area contributed by atoms with Crippen molar-refractivity contribution >= 4 is 10.2 Å². The van der Waals surface area contributed by atoms with Gasteiger partial charge in [0.1, 0.15) is 6.61 Å². The minimum atomic E-state index is -3.46. The van der Waals surface area contributed by atoms with E-state index in [1.54, 1.807) is 31.3 Å². The van der Waals surface area contributed by atoms with Crippen LogP contribution in [0.5, 0.6) is 0 Å². The van der Waals surface area contributed by atoms with Crippen LogP contribution >= 0.6 is 0 Å². The lowest BCUT2D eigenvalue weighted by molar-refractivity contribution is 0.350. The Morgan fingerprint density at radius 3 is 2.40 bits per heavy atom. The Morgan fingerprint density at radius 2 is 1.90 bits per heavy atom. The summed E-state index contributed by atoms with van der Waals surface area (Å²) >= 11 is 0. The summed E-state index contributed by atoms with van der Waals surface area (Å²) in [7, 11) is -1.92. The molecule has 0 aliphatic heterocycles. The van der Waals surface area contributed by atoms with Gasteiger partial charge in [0.15, 0.2) is 0 Å². The number of hydrogen-bond donors (Lipinski definition) is 2. The second-order valence-electron chi connectivity index (χ2n) is 4.59. The van der Waals surface area contributed by atoms with Crippen LogP contribution in [0, 0.1) is 11.8 Å². The fourth-order valence-corrected chi connectivity index (χ4v) is 2.51. The molecule has 0 bridgehead atoms. The maximum atomic E-state index is 11.9. The molecule has 0 amide bonds. The van der Waals surface area contributed by atoms with Gasteiger partial charge in [0.25, 0.3) is 10.2 Å². The summed E-state index contributed by atoms with van der Waals surface area (Å²) in [4.78, 5) is 0. The maximum absolute atomic E-state index is 11.9. The molecular weight excluding hydrogens is 276 g/mol. The summed E-state index contributed by atoms with van der Waals surface area (Å²) in [6, 6.07) is 7.10. The molecule has 0 aromatic heterocycles. The van der Waals surface area contributed by atoms with Crippen molar-refractivity contribution in [2.75, 3.05) is 13.7 Å². The minimum Gasteiger partial charge on any atom is -0.384 e. The SMILES string of the molecule is CC(C)N(C)S(=O)(=O)NCc1ccc(C#CCO)cc1. The van der Waals surface area contributed by atoms with Crippen LogP contribution in [0.3, 0.4) is 0 Å². The standard InChI is InChI=1S/C14H20N2O3S/c1-12(2)16(3)20(18,19)15-11-14-8-6-13(7-9-14)5-4-10-17/h6-9,12,15,17H,10-11H2,1-3H3. The monoisotopic (exact) mass is 296 g/mol. The van der Waals surface area contributed by atoms with Gasteiger partial charge in [-0.3, -0.25) is 0 Å². The zero-order valence-electron chi connectivity index (χ0n) is 11.9. The number of nitrogens with one attached hydrogen (secondary N) is 1. The third-order valence-corrected chi connectivity index (χ3v) is 4.52. The first-order chi connectivity index (χ1) is 9.36. The van der Waals surface area contributed by atoms with Gasteiger partial charge in [0, 0.05) is 25.2 Å². The lowest BCUT2D eigenvalue weighted by Gasteiger charge is -2.21. The van der Waals surface area contributed by atoms with E-state index in [1.165, 1.54) is 4.31 Å². The Bertz CT molecular complexity index is 583. The summed E-state index contributed by atoms with van der Waals surface area (Å²) in [5.74, 6) is 5.34. The second kappa shape index (κ2) is 7.41. The van der Waals surface area contributed by atoms with Crippen LogP contribution in [-0.2, 0) is 16.8 Å². The van der Waals surface area contributed by atoms with Gasteiger partial charge >= 0.3 is 0 Å². The number of benzene rings is 1. The highest BCUT2D eigenvalue weighted by atomic mass is 32.2.